The van der Waals surface area contributed by atoms with E-state index in [2.05, 4.69) is 10.3 Å². The van der Waals surface area contributed by atoms with Crippen LogP contribution < -0.4 is 5.32 Å². The molecule has 0 radical (unpaired) electrons. The average Bonchev–Trinajstić information content (AvgIpc) is 3.06. The molecule has 1 N–H and O–H groups in total. The van der Waals surface area contributed by atoms with Crippen LogP contribution in [0.1, 0.15) is 25.3 Å². The van der Waals surface area contributed by atoms with Gasteiger partial charge >= 0.3 is 0 Å². The molecule has 1 heterocycles. The first kappa shape index (κ1) is 11.4. The van der Waals surface area contributed by atoms with E-state index in [-0.39, 0.29) is 11.8 Å². The van der Waals surface area contributed by atoms with Crippen molar-refractivity contribution in [2.45, 2.75) is 26.7 Å². The molecule has 2 rings (SSSR count). The molecule has 1 aromatic heterocycles. The van der Waals surface area contributed by atoms with Crippen molar-refractivity contribution >= 4 is 23.2 Å². The third-order valence-corrected chi connectivity index (χ3v) is 3.39. The zero-order chi connectivity index (χ0) is 11.7. The lowest BCUT2D eigenvalue weighted by Gasteiger charge is -2.13. The van der Waals surface area contributed by atoms with Gasteiger partial charge in [0.15, 0.2) is 5.15 Å². The number of aryl methyl sites for hydroxylation is 1. The van der Waals surface area contributed by atoms with Crippen molar-refractivity contribution in [3.63, 3.8) is 0 Å². The van der Waals surface area contributed by atoms with E-state index in [1.165, 1.54) is 0 Å². The van der Waals surface area contributed by atoms with Gasteiger partial charge in [0.05, 0.1) is 5.69 Å². The highest BCUT2D eigenvalue weighted by molar-refractivity contribution is 6.32. The lowest BCUT2D eigenvalue weighted by molar-refractivity contribution is -0.119. The number of carbonyl (C=O) groups is 1. The van der Waals surface area contributed by atoms with Gasteiger partial charge in [0.1, 0.15) is 0 Å². The third kappa shape index (κ3) is 2.35. The van der Waals surface area contributed by atoms with Gasteiger partial charge in [-0.15, -0.1) is 0 Å². The van der Waals surface area contributed by atoms with Crippen LogP contribution in [0.3, 0.4) is 0 Å². The van der Waals surface area contributed by atoms with Crippen molar-refractivity contribution in [2.75, 3.05) is 5.32 Å². The molecule has 0 aliphatic heterocycles. The van der Waals surface area contributed by atoms with Crippen LogP contribution in [0.2, 0.25) is 5.15 Å². The predicted molar refractivity (Wildman–Crippen MR) is 64.5 cm³/mol. The van der Waals surface area contributed by atoms with Crippen LogP contribution in [-0.4, -0.2) is 10.9 Å². The highest BCUT2D eigenvalue weighted by Crippen LogP contribution is 2.37. The van der Waals surface area contributed by atoms with Crippen molar-refractivity contribution in [2.24, 2.45) is 11.8 Å². The molecule has 0 spiro atoms. The number of nitrogens with zero attached hydrogens (tertiary/aromatic N) is 1. The summed E-state index contributed by atoms with van der Waals surface area (Å²) < 4.78 is 0. The van der Waals surface area contributed by atoms with Crippen molar-refractivity contribution < 1.29 is 4.79 Å². The maximum absolute atomic E-state index is 11.9. The fourth-order valence-corrected chi connectivity index (χ4v) is 1.98. The summed E-state index contributed by atoms with van der Waals surface area (Å²) in [7, 11) is 0. The fraction of sp³-hybridized carbons (Fsp3) is 0.500. The van der Waals surface area contributed by atoms with Crippen LogP contribution in [0, 0.1) is 18.8 Å². The Morgan fingerprint density at radius 2 is 2.31 bits per heavy atom. The van der Waals surface area contributed by atoms with Crippen molar-refractivity contribution in [3.05, 3.63) is 23.0 Å². The predicted octanol–water partition coefficient (Wildman–Crippen LogP) is 3.03. The topological polar surface area (TPSA) is 42.0 Å². The van der Waals surface area contributed by atoms with Gasteiger partial charge in [0.2, 0.25) is 5.91 Å². The summed E-state index contributed by atoms with van der Waals surface area (Å²) in [6.07, 6.45) is 3.96. The molecule has 1 amide bonds. The Hall–Kier alpha value is -1.09. The summed E-state index contributed by atoms with van der Waals surface area (Å²) in [6.45, 7) is 3.87. The molecule has 86 valence electrons. The lowest BCUT2D eigenvalue weighted by Crippen LogP contribution is -2.22. The largest absolute Gasteiger partial charge is 0.323 e. The number of nitrogens with one attached hydrogen (secondary N) is 1. The number of carbonyl (C=O) groups excluding carboxylic acids is 1. The molecule has 4 heteroatoms. The average molecular weight is 239 g/mol. The molecule has 0 bridgehead atoms. The molecule has 1 saturated carbocycles. The van der Waals surface area contributed by atoms with E-state index < -0.39 is 0 Å². The van der Waals surface area contributed by atoms with Crippen molar-refractivity contribution in [1.29, 1.82) is 0 Å². The number of pyridine rings is 1. The Labute approximate surface area is 100 Å². The molecule has 1 fully saturated rings. The van der Waals surface area contributed by atoms with E-state index in [0.29, 0.717) is 16.8 Å². The second kappa shape index (κ2) is 4.42. The second-order valence-corrected chi connectivity index (χ2v) is 4.77. The minimum Gasteiger partial charge on any atom is -0.323 e. The van der Waals surface area contributed by atoms with Gasteiger partial charge in [-0.2, -0.15) is 0 Å². The zero-order valence-electron chi connectivity index (χ0n) is 9.46. The molecule has 1 unspecified atom stereocenters. The molecule has 1 aromatic rings. The number of halogens is 1. The Balaban J connectivity index is 2.10. The summed E-state index contributed by atoms with van der Waals surface area (Å²) in [4.78, 5) is 15.9. The van der Waals surface area contributed by atoms with Crippen LogP contribution in [0.5, 0.6) is 0 Å². The Morgan fingerprint density at radius 1 is 1.62 bits per heavy atom. The molecule has 1 aliphatic rings. The van der Waals surface area contributed by atoms with Gasteiger partial charge in [-0.1, -0.05) is 18.5 Å². The monoisotopic (exact) mass is 238 g/mol. The number of anilines is 1. The summed E-state index contributed by atoms with van der Waals surface area (Å²) in [5.74, 6) is 0.659. The minimum absolute atomic E-state index is 0.0421. The minimum atomic E-state index is 0.0421. The second-order valence-electron chi connectivity index (χ2n) is 4.41. The van der Waals surface area contributed by atoms with Gasteiger partial charge in [-0.25, -0.2) is 4.98 Å². The molecule has 1 atom stereocenters. The van der Waals surface area contributed by atoms with Crippen molar-refractivity contribution in [3.8, 4) is 0 Å². The first-order valence-electron chi connectivity index (χ1n) is 5.51. The summed E-state index contributed by atoms with van der Waals surface area (Å²) in [6, 6.07) is 1.84. The Kier molecular flexibility index (Phi) is 3.15. The third-order valence-electron chi connectivity index (χ3n) is 3.10. The normalized spacial score (nSPS) is 16.9. The van der Waals surface area contributed by atoms with E-state index in [1.807, 2.05) is 19.9 Å². The molecular weight excluding hydrogens is 224 g/mol. The van der Waals surface area contributed by atoms with Gasteiger partial charge in [-0.05, 0) is 37.3 Å². The molecule has 0 saturated heterocycles. The SMILES string of the molecule is Cc1ccnc(Cl)c1NC(=O)C(C)C1CC1. The first-order chi connectivity index (χ1) is 7.59. The van der Waals surface area contributed by atoms with Gasteiger partial charge in [0.25, 0.3) is 0 Å². The quantitative estimate of drug-likeness (QED) is 0.823. The van der Waals surface area contributed by atoms with E-state index in [1.54, 1.807) is 6.20 Å². The molecule has 0 aromatic carbocycles. The number of hydrogen-bond donors (Lipinski definition) is 1. The maximum atomic E-state index is 11.9. The Bertz CT molecular complexity index is 395. The summed E-state index contributed by atoms with van der Waals surface area (Å²) in [5.41, 5.74) is 1.58. The van der Waals surface area contributed by atoms with Crippen LogP contribution in [0.15, 0.2) is 12.3 Å². The van der Waals surface area contributed by atoms with E-state index in [4.69, 9.17) is 11.6 Å². The summed E-state index contributed by atoms with van der Waals surface area (Å²) in [5, 5.41) is 3.22. The number of amides is 1. The van der Waals surface area contributed by atoms with Crippen LogP contribution in [-0.2, 0) is 4.79 Å². The van der Waals surface area contributed by atoms with Crippen LogP contribution in [0.25, 0.3) is 0 Å². The van der Waals surface area contributed by atoms with Gasteiger partial charge < -0.3 is 5.32 Å². The maximum Gasteiger partial charge on any atom is 0.227 e. The molecular formula is C12H15ClN2O. The molecule has 1 aliphatic carbocycles. The van der Waals surface area contributed by atoms with E-state index in [9.17, 15) is 4.79 Å². The van der Waals surface area contributed by atoms with Gasteiger partial charge in [-0.3, -0.25) is 4.79 Å². The summed E-state index contributed by atoms with van der Waals surface area (Å²) >= 11 is 5.95. The van der Waals surface area contributed by atoms with E-state index in [0.717, 1.165) is 18.4 Å². The smallest absolute Gasteiger partial charge is 0.227 e. The zero-order valence-corrected chi connectivity index (χ0v) is 10.2. The molecule has 3 nitrogen and oxygen atoms in total. The standard InChI is InChI=1S/C12H15ClN2O/c1-7-5-6-14-11(13)10(7)15-12(16)8(2)9-3-4-9/h5-6,8-9H,3-4H2,1-2H3,(H,15,16). The lowest BCUT2D eigenvalue weighted by atomic mass is 10.1. The highest BCUT2D eigenvalue weighted by Gasteiger charge is 2.32. The number of hydrogen-bond acceptors (Lipinski definition) is 2. The fourth-order valence-electron chi connectivity index (χ4n) is 1.72. The highest BCUT2D eigenvalue weighted by atomic mass is 35.5. The Morgan fingerprint density at radius 3 is 2.88 bits per heavy atom. The van der Waals surface area contributed by atoms with Crippen LogP contribution in [0.4, 0.5) is 5.69 Å². The molecule has 16 heavy (non-hydrogen) atoms. The van der Waals surface area contributed by atoms with Gasteiger partial charge in [0, 0.05) is 12.1 Å². The van der Waals surface area contributed by atoms with E-state index >= 15 is 0 Å². The number of aromatic nitrogens is 1. The number of rotatable bonds is 3. The first-order valence-corrected chi connectivity index (χ1v) is 5.89. The van der Waals surface area contributed by atoms with Crippen molar-refractivity contribution in [1.82, 2.24) is 4.98 Å². The van der Waals surface area contributed by atoms with Crippen LogP contribution >= 0.6 is 11.6 Å².